The molecule has 21 heavy (non-hydrogen) atoms. The van der Waals surface area contributed by atoms with E-state index in [0.29, 0.717) is 17.2 Å². The fraction of sp³-hybridized carbons (Fsp3) is 0.389. The first kappa shape index (κ1) is 13.9. The number of esters is 1. The van der Waals surface area contributed by atoms with E-state index >= 15 is 0 Å². The molecule has 2 aromatic rings. The van der Waals surface area contributed by atoms with Crippen molar-refractivity contribution >= 4 is 22.4 Å². The zero-order valence-corrected chi connectivity index (χ0v) is 12.3. The molecule has 0 spiro atoms. The van der Waals surface area contributed by atoms with Gasteiger partial charge in [0.1, 0.15) is 6.10 Å². The second-order valence-corrected chi connectivity index (χ2v) is 6.09. The molecule has 2 N–H and O–H groups in total. The van der Waals surface area contributed by atoms with Gasteiger partial charge in [0.15, 0.2) is 0 Å². The molecule has 0 saturated heterocycles. The first-order chi connectivity index (χ1) is 10.1. The monoisotopic (exact) mass is 283 g/mol. The number of nitrogen functional groups attached to an aromatic ring is 1. The maximum Gasteiger partial charge on any atom is 0.340 e. The number of carbonyl (C=O) groups is 1. The standard InChI is InChI=1S/C18H21NO2/c1-12-5-4-8-15(9-12)21-18(20)16-10-13-6-2-3-7-14(13)11-17(16)19/h2-3,6-7,10-12,15H,4-5,8-9,19H2,1H3. The summed E-state index contributed by atoms with van der Waals surface area (Å²) in [5, 5.41) is 2.05. The average Bonchev–Trinajstić information content (AvgIpc) is 2.46. The third-order valence-corrected chi connectivity index (χ3v) is 4.30. The lowest BCUT2D eigenvalue weighted by atomic mass is 9.88. The molecule has 3 rings (SSSR count). The Balaban J connectivity index is 1.82. The van der Waals surface area contributed by atoms with Crippen molar-refractivity contribution in [1.82, 2.24) is 0 Å². The molecular formula is C18H21NO2. The summed E-state index contributed by atoms with van der Waals surface area (Å²) in [6.07, 6.45) is 4.31. The van der Waals surface area contributed by atoms with Crippen LogP contribution in [0.15, 0.2) is 36.4 Å². The van der Waals surface area contributed by atoms with Crippen molar-refractivity contribution in [3.8, 4) is 0 Å². The predicted octanol–water partition coefficient (Wildman–Crippen LogP) is 4.16. The molecular weight excluding hydrogens is 262 g/mol. The van der Waals surface area contributed by atoms with Crippen molar-refractivity contribution in [3.05, 3.63) is 42.0 Å². The van der Waals surface area contributed by atoms with Gasteiger partial charge in [-0.1, -0.05) is 37.6 Å². The number of hydrogen-bond donors (Lipinski definition) is 1. The number of nitrogens with two attached hydrogens (primary N) is 1. The Kier molecular flexibility index (Phi) is 3.82. The smallest absolute Gasteiger partial charge is 0.340 e. The molecule has 0 bridgehead atoms. The van der Waals surface area contributed by atoms with Crippen LogP contribution in [-0.2, 0) is 4.74 Å². The topological polar surface area (TPSA) is 52.3 Å². The minimum absolute atomic E-state index is 0.0344. The van der Waals surface area contributed by atoms with Crippen LogP contribution < -0.4 is 5.73 Å². The second-order valence-electron chi connectivity index (χ2n) is 6.09. The summed E-state index contributed by atoms with van der Waals surface area (Å²) in [4.78, 5) is 12.4. The minimum Gasteiger partial charge on any atom is -0.459 e. The van der Waals surface area contributed by atoms with E-state index < -0.39 is 0 Å². The minimum atomic E-state index is -0.294. The van der Waals surface area contributed by atoms with Crippen LogP contribution in [0.25, 0.3) is 10.8 Å². The molecule has 2 atom stereocenters. The lowest BCUT2D eigenvalue weighted by Crippen LogP contribution is -2.25. The van der Waals surface area contributed by atoms with Gasteiger partial charge in [-0.2, -0.15) is 0 Å². The summed E-state index contributed by atoms with van der Waals surface area (Å²) < 4.78 is 5.66. The van der Waals surface area contributed by atoms with Gasteiger partial charge in [-0.3, -0.25) is 0 Å². The Morgan fingerprint density at radius 2 is 1.90 bits per heavy atom. The molecule has 0 aromatic heterocycles. The number of carbonyl (C=O) groups excluding carboxylic acids is 1. The molecule has 1 aliphatic carbocycles. The number of ether oxygens (including phenoxy) is 1. The lowest BCUT2D eigenvalue weighted by Gasteiger charge is -2.26. The number of fused-ring (bicyclic) bond motifs is 1. The van der Waals surface area contributed by atoms with E-state index in [2.05, 4.69) is 6.92 Å². The van der Waals surface area contributed by atoms with Crippen molar-refractivity contribution in [3.63, 3.8) is 0 Å². The zero-order chi connectivity index (χ0) is 14.8. The Morgan fingerprint density at radius 3 is 2.62 bits per heavy atom. The van der Waals surface area contributed by atoms with Gasteiger partial charge in [-0.15, -0.1) is 0 Å². The third-order valence-electron chi connectivity index (χ3n) is 4.30. The highest BCUT2D eigenvalue weighted by Crippen LogP contribution is 2.28. The van der Waals surface area contributed by atoms with Gasteiger partial charge in [0.2, 0.25) is 0 Å². The molecule has 1 saturated carbocycles. The van der Waals surface area contributed by atoms with Crippen LogP contribution in [0.4, 0.5) is 5.69 Å². The molecule has 110 valence electrons. The fourth-order valence-corrected chi connectivity index (χ4v) is 3.14. The van der Waals surface area contributed by atoms with Gasteiger partial charge in [0, 0.05) is 5.69 Å². The molecule has 1 aliphatic rings. The lowest BCUT2D eigenvalue weighted by molar-refractivity contribution is 0.0156. The van der Waals surface area contributed by atoms with Crippen molar-refractivity contribution < 1.29 is 9.53 Å². The summed E-state index contributed by atoms with van der Waals surface area (Å²) in [5.41, 5.74) is 6.99. The van der Waals surface area contributed by atoms with Gasteiger partial charge in [-0.05, 0) is 48.1 Å². The molecule has 0 heterocycles. The van der Waals surface area contributed by atoms with Crippen LogP contribution in [-0.4, -0.2) is 12.1 Å². The predicted molar refractivity (Wildman–Crippen MR) is 85.2 cm³/mol. The molecule has 2 unspecified atom stereocenters. The van der Waals surface area contributed by atoms with E-state index in [0.717, 1.165) is 30.0 Å². The molecule has 1 fully saturated rings. The summed E-state index contributed by atoms with van der Waals surface area (Å²) in [6.45, 7) is 2.21. The van der Waals surface area contributed by atoms with E-state index in [1.54, 1.807) is 0 Å². The first-order valence-electron chi connectivity index (χ1n) is 7.63. The van der Waals surface area contributed by atoms with Crippen LogP contribution in [0.2, 0.25) is 0 Å². The summed E-state index contributed by atoms with van der Waals surface area (Å²) >= 11 is 0. The van der Waals surface area contributed by atoms with Gasteiger partial charge < -0.3 is 10.5 Å². The Labute approximate surface area is 125 Å². The summed E-state index contributed by atoms with van der Waals surface area (Å²) in [5.74, 6) is 0.336. The number of hydrogen-bond acceptors (Lipinski definition) is 3. The Bertz CT molecular complexity index is 665. The summed E-state index contributed by atoms with van der Waals surface area (Å²) in [6, 6.07) is 11.6. The first-order valence-corrected chi connectivity index (χ1v) is 7.63. The molecule has 3 heteroatoms. The average molecular weight is 283 g/mol. The van der Waals surface area contributed by atoms with Crippen molar-refractivity contribution in [2.24, 2.45) is 5.92 Å². The van der Waals surface area contributed by atoms with E-state index in [-0.39, 0.29) is 12.1 Å². The maximum absolute atomic E-state index is 12.4. The molecule has 0 amide bonds. The van der Waals surface area contributed by atoms with Gasteiger partial charge in [-0.25, -0.2) is 4.79 Å². The highest BCUT2D eigenvalue weighted by atomic mass is 16.5. The van der Waals surface area contributed by atoms with Crippen LogP contribution >= 0.6 is 0 Å². The number of rotatable bonds is 2. The fourth-order valence-electron chi connectivity index (χ4n) is 3.14. The van der Waals surface area contributed by atoms with E-state index in [4.69, 9.17) is 10.5 Å². The van der Waals surface area contributed by atoms with E-state index in [1.807, 2.05) is 36.4 Å². The molecule has 2 aromatic carbocycles. The molecule has 0 radical (unpaired) electrons. The largest absolute Gasteiger partial charge is 0.459 e. The number of benzene rings is 2. The second kappa shape index (κ2) is 5.76. The normalized spacial score (nSPS) is 22.1. The van der Waals surface area contributed by atoms with Crippen molar-refractivity contribution in [1.29, 1.82) is 0 Å². The molecule has 0 aliphatic heterocycles. The third kappa shape index (κ3) is 3.02. The van der Waals surface area contributed by atoms with E-state index in [9.17, 15) is 4.79 Å². The highest BCUT2D eigenvalue weighted by molar-refractivity contribution is 6.01. The maximum atomic E-state index is 12.4. The Morgan fingerprint density at radius 1 is 1.19 bits per heavy atom. The quantitative estimate of drug-likeness (QED) is 0.665. The van der Waals surface area contributed by atoms with Crippen LogP contribution in [0.3, 0.4) is 0 Å². The Hall–Kier alpha value is -2.03. The van der Waals surface area contributed by atoms with Crippen molar-refractivity contribution in [2.75, 3.05) is 5.73 Å². The van der Waals surface area contributed by atoms with Gasteiger partial charge in [0.05, 0.1) is 5.56 Å². The van der Waals surface area contributed by atoms with Gasteiger partial charge >= 0.3 is 5.97 Å². The highest BCUT2D eigenvalue weighted by Gasteiger charge is 2.23. The SMILES string of the molecule is CC1CCCC(OC(=O)c2cc3ccccc3cc2N)C1. The van der Waals surface area contributed by atoms with E-state index in [1.165, 1.54) is 6.42 Å². The van der Waals surface area contributed by atoms with Gasteiger partial charge in [0.25, 0.3) is 0 Å². The summed E-state index contributed by atoms with van der Waals surface area (Å²) in [7, 11) is 0. The van der Waals surface area contributed by atoms with Crippen molar-refractivity contribution in [2.45, 2.75) is 38.7 Å². The van der Waals surface area contributed by atoms with Crippen LogP contribution in [0.1, 0.15) is 43.0 Å². The van der Waals surface area contributed by atoms with Crippen LogP contribution in [0.5, 0.6) is 0 Å². The zero-order valence-electron chi connectivity index (χ0n) is 12.3. The van der Waals surface area contributed by atoms with Crippen LogP contribution in [0, 0.1) is 5.92 Å². The number of anilines is 1. The molecule has 3 nitrogen and oxygen atoms in total.